The highest BCUT2D eigenvalue weighted by Gasteiger charge is 2.21. The summed E-state index contributed by atoms with van der Waals surface area (Å²) in [6.07, 6.45) is 2.94. The molecule has 0 aliphatic heterocycles. The van der Waals surface area contributed by atoms with Crippen molar-refractivity contribution in [3.63, 3.8) is 0 Å². The van der Waals surface area contributed by atoms with Crippen molar-refractivity contribution >= 4 is 38.7 Å². The topological polar surface area (TPSA) is 119 Å². The summed E-state index contributed by atoms with van der Waals surface area (Å²) in [6.45, 7) is 1.76. The number of carbonyl (C=O) groups is 1. The molecule has 12 heteroatoms. The molecule has 1 amide bonds. The molecule has 0 atom stereocenters. The first kappa shape index (κ1) is 28.2. The molecule has 39 heavy (non-hydrogen) atoms. The number of rotatable bonds is 8. The first-order valence-electron chi connectivity index (χ1n) is 11.8. The van der Waals surface area contributed by atoms with Crippen LogP contribution in [0.4, 0.5) is 9.18 Å². The van der Waals surface area contributed by atoms with E-state index in [9.17, 15) is 22.4 Å². The molecule has 0 radical (unpaired) electrons. The quantitative estimate of drug-likeness (QED) is 0.309. The first-order valence-corrected chi connectivity index (χ1v) is 13.6. The third kappa shape index (κ3) is 6.44. The van der Waals surface area contributed by atoms with Gasteiger partial charge in [-0.15, -0.1) is 0 Å². The van der Waals surface area contributed by atoms with Gasteiger partial charge in [0, 0.05) is 56.5 Å². The van der Waals surface area contributed by atoms with Gasteiger partial charge in [0.2, 0.25) is 10.0 Å². The lowest BCUT2D eigenvalue weighted by molar-refractivity contribution is 0.172. The van der Waals surface area contributed by atoms with E-state index < -0.39 is 32.5 Å². The maximum absolute atomic E-state index is 14.6. The van der Waals surface area contributed by atoms with E-state index in [1.54, 1.807) is 31.5 Å². The molecule has 0 aliphatic carbocycles. The minimum absolute atomic E-state index is 0.0150. The Kier molecular flexibility index (Phi) is 8.34. The van der Waals surface area contributed by atoms with Gasteiger partial charge < -0.3 is 14.1 Å². The first-order chi connectivity index (χ1) is 18.5. The standard InChI is InChI=1S/C27H25ClFN3O6S/c1-16-19-14-21(28)24(38-27(34)32(2)3)15-23(19)37-26(33)20(16)12-18-4-5-22(29)25(13-18)39(35,36)31-11-8-17-6-9-30-10-7-17/h4-7,9-10,13-15,31H,8,11-12H2,1-3H3. The Bertz CT molecular complexity index is 1710. The van der Waals surface area contributed by atoms with Crippen molar-refractivity contribution in [2.24, 2.45) is 0 Å². The van der Waals surface area contributed by atoms with Crippen LogP contribution in [0, 0.1) is 12.7 Å². The van der Waals surface area contributed by atoms with Crippen molar-refractivity contribution in [1.82, 2.24) is 14.6 Å². The smallest absolute Gasteiger partial charge is 0.414 e. The average Bonchev–Trinajstić information content (AvgIpc) is 2.89. The molecule has 4 aromatic rings. The number of pyridine rings is 1. The SMILES string of the molecule is Cc1c(Cc2ccc(F)c(S(=O)(=O)NCCc3ccncc3)c2)c(=O)oc2cc(OC(=O)N(C)C)c(Cl)cc12. The maximum atomic E-state index is 14.6. The lowest BCUT2D eigenvalue weighted by Gasteiger charge is -2.14. The number of benzene rings is 2. The molecule has 0 aliphatic rings. The number of carbonyl (C=O) groups excluding carboxylic acids is 1. The van der Waals surface area contributed by atoms with Gasteiger partial charge in [-0.05, 0) is 60.4 Å². The molecule has 2 aromatic heterocycles. The summed E-state index contributed by atoms with van der Waals surface area (Å²) < 4.78 is 53.4. The molecule has 0 saturated heterocycles. The zero-order valence-corrected chi connectivity index (χ0v) is 22.9. The van der Waals surface area contributed by atoms with Gasteiger partial charge in [0.05, 0.1) is 5.02 Å². The lowest BCUT2D eigenvalue weighted by atomic mass is 9.99. The Morgan fingerprint density at radius 1 is 1.13 bits per heavy atom. The van der Waals surface area contributed by atoms with Gasteiger partial charge in [-0.25, -0.2) is 27.1 Å². The van der Waals surface area contributed by atoms with E-state index in [1.807, 2.05) is 0 Å². The number of halogens is 2. The summed E-state index contributed by atoms with van der Waals surface area (Å²) in [5.41, 5.74) is 1.55. The van der Waals surface area contributed by atoms with E-state index in [0.717, 1.165) is 11.6 Å². The van der Waals surface area contributed by atoms with Crippen LogP contribution < -0.4 is 15.1 Å². The molecular weight excluding hydrogens is 549 g/mol. The van der Waals surface area contributed by atoms with Crippen LogP contribution in [-0.2, 0) is 22.9 Å². The number of fused-ring (bicyclic) bond motifs is 1. The van der Waals surface area contributed by atoms with Crippen molar-refractivity contribution in [1.29, 1.82) is 0 Å². The fourth-order valence-electron chi connectivity index (χ4n) is 3.88. The van der Waals surface area contributed by atoms with Crippen molar-refractivity contribution in [2.75, 3.05) is 20.6 Å². The monoisotopic (exact) mass is 573 g/mol. The second kappa shape index (κ2) is 11.5. The molecule has 2 heterocycles. The summed E-state index contributed by atoms with van der Waals surface area (Å²) >= 11 is 6.31. The Hall–Kier alpha value is -3.80. The number of ether oxygens (including phenoxy) is 1. The average molecular weight is 574 g/mol. The Morgan fingerprint density at radius 3 is 2.54 bits per heavy atom. The molecule has 4 rings (SSSR count). The fraction of sp³-hybridized carbons (Fsp3) is 0.222. The van der Waals surface area contributed by atoms with Crippen molar-refractivity contribution in [3.8, 4) is 5.75 Å². The zero-order chi connectivity index (χ0) is 28.3. The number of aryl methyl sites for hydroxylation is 1. The lowest BCUT2D eigenvalue weighted by Crippen LogP contribution is -2.27. The predicted molar refractivity (Wildman–Crippen MR) is 144 cm³/mol. The fourth-order valence-corrected chi connectivity index (χ4v) is 5.24. The minimum Gasteiger partial charge on any atom is -0.422 e. The van der Waals surface area contributed by atoms with Crippen LogP contribution in [0.25, 0.3) is 11.0 Å². The number of nitrogens with zero attached hydrogens (tertiary/aromatic N) is 2. The largest absolute Gasteiger partial charge is 0.422 e. The molecular formula is C27H25ClFN3O6S. The van der Waals surface area contributed by atoms with E-state index in [-0.39, 0.29) is 34.9 Å². The van der Waals surface area contributed by atoms with Gasteiger partial charge in [0.15, 0.2) is 5.75 Å². The van der Waals surface area contributed by atoms with Crippen LogP contribution in [0.2, 0.25) is 5.02 Å². The molecule has 0 saturated carbocycles. The molecule has 0 bridgehead atoms. The minimum atomic E-state index is -4.16. The van der Waals surface area contributed by atoms with Gasteiger partial charge >= 0.3 is 11.7 Å². The van der Waals surface area contributed by atoms with E-state index >= 15 is 0 Å². The molecule has 9 nitrogen and oxygen atoms in total. The number of amides is 1. The Labute approximate surface area is 229 Å². The summed E-state index contributed by atoms with van der Waals surface area (Å²) in [5.74, 6) is -0.882. The molecule has 2 aromatic carbocycles. The Morgan fingerprint density at radius 2 is 1.85 bits per heavy atom. The van der Waals surface area contributed by atoms with Gasteiger partial charge in [-0.2, -0.15) is 0 Å². The Balaban J connectivity index is 1.60. The highest BCUT2D eigenvalue weighted by atomic mass is 35.5. The molecule has 0 fully saturated rings. The maximum Gasteiger partial charge on any atom is 0.414 e. The van der Waals surface area contributed by atoms with E-state index in [1.165, 1.54) is 43.3 Å². The number of sulfonamides is 1. The number of nitrogens with one attached hydrogen (secondary N) is 1. The number of aromatic nitrogens is 1. The van der Waals surface area contributed by atoms with E-state index in [0.29, 0.717) is 22.9 Å². The highest BCUT2D eigenvalue weighted by Crippen LogP contribution is 2.32. The third-order valence-electron chi connectivity index (χ3n) is 6.02. The van der Waals surface area contributed by atoms with E-state index in [4.69, 9.17) is 20.8 Å². The third-order valence-corrected chi connectivity index (χ3v) is 7.79. The van der Waals surface area contributed by atoms with Crippen LogP contribution in [0.1, 0.15) is 22.3 Å². The van der Waals surface area contributed by atoms with E-state index in [2.05, 4.69) is 9.71 Å². The number of hydrogen-bond donors (Lipinski definition) is 1. The normalized spacial score (nSPS) is 11.5. The molecule has 0 spiro atoms. The molecule has 0 unspecified atom stereocenters. The van der Waals surface area contributed by atoms with Crippen molar-refractivity contribution in [2.45, 2.75) is 24.7 Å². The highest BCUT2D eigenvalue weighted by molar-refractivity contribution is 7.89. The summed E-state index contributed by atoms with van der Waals surface area (Å²) in [7, 11) is -1.14. The molecule has 1 N–H and O–H groups in total. The zero-order valence-electron chi connectivity index (χ0n) is 21.3. The van der Waals surface area contributed by atoms with Crippen LogP contribution in [-0.4, -0.2) is 45.0 Å². The van der Waals surface area contributed by atoms with Gasteiger partial charge in [0.25, 0.3) is 0 Å². The van der Waals surface area contributed by atoms with Gasteiger partial charge in [-0.3, -0.25) is 4.98 Å². The van der Waals surface area contributed by atoms with Crippen LogP contribution in [0.3, 0.4) is 0 Å². The van der Waals surface area contributed by atoms with Gasteiger partial charge in [0.1, 0.15) is 16.3 Å². The van der Waals surface area contributed by atoms with Gasteiger partial charge in [-0.1, -0.05) is 17.7 Å². The van der Waals surface area contributed by atoms with Crippen LogP contribution >= 0.6 is 11.6 Å². The van der Waals surface area contributed by atoms with Crippen molar-refractivity contribution in [3.05, 3.63) is 98.4 Å². The predicted octanol–water partition coefficient (Wildman–Crippen LogP) is 4.46. The second-order valence-corrected chi connectivity index (χ2v) is 11.1. The van der Waals surface area contributed by atoms with Crippen molar-refractivity contribution < 1.29 is 26.8 Å². The molecule has 204 valence electrons. The second-order valence-electron chi connectivity index (χ2n) is 8.98. The summed E-state index contributed by atoms with van der Waals surface area (Å²) in [6, 6.07) is 10.1. The summed E-state index contributed by atoms with van der Waals surface area (Å²) in [5, 5.41) is 0.639. The van der Waals surface area contributed by atoms with Crippen LogP contribution in [0.15, 0.2) is 69.0 Å². The number of hydrogen-bond acceptors (Lipinski definition) is 7. The van der Waals surface area contributed by atoms with Crippen LogP contribution in [0.5, 0.6) is 5.75 Å². The summed E-state index contributed by atoms with van der Waals surface area (Å²) in [4.78, 5) is 29.4.